The van der Waals surface area contributed by atoms with Crippen LogP contribution in [0.15, 0.2) is 42.7 Å². The highest BCUT2D eigenvalue weighted by atomic mass is 32.2. The Labute approximate surface area is 118 Å². The number of aryl methyl sites for hydroxylation is 2. The van der Waals surface area contributed by atoms with E-state index in [0.717, 1.165) is 11.1 Å². The number of hydrogen-bond acceptors (Lipinski definition) is 4. The molecule has 0 amide bonds. The Balaban J connectivity index is 2.06. The second-order valence-corrected chi connectivity index (χ2v) is 6.46. The molecule has 0 saturated heterocycles. The van der Waals surface area contributed by atoms with E-state index in [9.17, 15) is 8.42 Å². The van der Waals surface area contributed by atoms with E-state index >= 15 is 0 Å². The Morgan fingerprint density at radius 3 is 2.60 bits per heavy atom. The first kappa shape index (κ1) is 14.3. The standard InChI is InChI=1S/C14H17N3O2S/c1-11-2-3-13(15)14(10-11)17-20(18,19)9-6-12-4-7-16-8-5-12/h2-5,7-8,10,17H,6,9,15H2,1H3. The zero-order valence-corrected chi connectivity index (χ0v) is 12.0. The molecule has 0 aliphatic rings. The summed E-state index contributed by atoms with van der Waals surface area (Å²) in [5.41, 5.74) is 8.50. The lowest BCUT2D eigenvalue weighted by atomic mass is 10.2. The molecule has 0 bridgehead atoms. The minimum atomic E-state index is -3.42. The van der Waals surface area contributed by atoms with Crippen molar-refractivity contribution in [2.75, 3.05) is 16.2 Å². The van der Waals surface area contributed by atoms with Gasteiger partial charge in [0, 0.05) is 12.4 Å². The van der Waals surface area contributed by atoms with Crippen LogP contribution in [-0.4, -0.2) is 19.2 Å². The van der Waals surface area contributed by atoms with Gasteiger partial charge in [-0.2, -0.15) is 0 Å². The number of hydrogen-bond donors (Lipinski definition) is 2. The number of benzene rings is 1. The van der Waals surface area contributed by atoms with Crippen LogP contribution < -0.4 is 10.5 Å². The minimum absolute atomic E-state index is 0.00436. The molecule has 0 unspecified atom stereocenters. The monoisotopic (exact) mass is 291 g/mol. The van der Waals surface area contributed by atoms with Crippen molar-refractivity contribution in [3.05, 3.63) is 53.9 Å². The number of aromatic nitrogens is 1. The molecule has 20 heavy (non-hydrogen) atoms. The van der Waals surface area contributed by atoms with Gasteiger partial charge in [0.15, 0.2) is 0 Å². The minimum Gasteiger partial charge on any atom is -0.397 e. The van der Waals surface area contributed by atoms with Gasteiger partial charge < -0.3 is 5.73 Å². The molecule has 106 valence electrons. The maximum atomic E-state index is 12.1. The summed E-state index contributed by atoms with van der Waals surface area (Å²) in [6.07, 6.45) is 3.73. The number of pyridine rings is 1. The summed E-state index contributed by atoms with van der Waals surface area (Å²) in [5.74, 6) is 0.00436. The van der Waals surface area contributed by atoms with E-state index < -0.39 is 10.0 Å². The lowest BCUT2D eigenvalue weighted by Gasteiger charge is -2.11. The summed E-state index contributed by atoms with van der Waals surface area (Å²) in [6, 6.07) is 8.85. The van der Waals surface area contributed by atoms with Crippen LogP contribution in [0.1, 0.15) is 11.1 Å². The van der Waals surface area contributed by atoms with E-state index in [0.29, 0.717) is 17.8 Å². The number of rotatable bonds is 5. The topological polar surface area (TPSA) is 85.1 Å². The predicted octanol–water partition coefficient (Wildman–Crippen LogP) is 1.96. The molecule has 1 aromatic heterocycles. The van der Waals surface area contributed by atoms with Crippen LogP contribution in [0.25, 0.3) is 0 Å². The van der Waals surface area contributed by atoms with E-state index in [1.54, 1.807) is 36.7 Å². The molecule has 3 N–H and O–H groups in total. The number of anilines is 2. The van der Waals surface area contributed by atoms with Gasteiger partial charge in [0.25, 0.3) is 0 Å². The normalized spacial score (nSPS) is 11.2. The molecule has 0 aliphatic heterocycles. The van der Waals surface area contributed by atoms with Gasteiger partial charge in [-0.3, -0.25) is 9.71 Å². The Bertz CT molecular complexity index is 685. The second-order valence-electron chi connectivity index (χ2n) is 4.62. The fourth-order valence-corrected chi connectivity index (χ4v) is 2.90. The number of nitrogens with one attached hydrogen (secondary N) is 1. The Morgan fingerprint density at radius 2 is 1.90 bits per heavy atom. The summed E-state index contributed by atoms with van der Waals surface area (Å²) in [5, 5.41) is 0. The maximum Gasteiger partial charge on any atom is 0.233 e. The molecular weight excluding hydrogens is 274 g/mol. The van der Waals surface area contributed by atoms with E-state index in [4.69, 9.17) is 5.73 Å². The highest BCUT2D eigenvalue weighted by molar-refractivity contribution is 7.92. The number of nitrogen functional groups attached to an aromatic ring is 1. The first-order valence-corrected chi connectivity index (χ1v) is 7.87. The Hall–Kier alpha value is -2.08. The number of sulfonamides is 1. The van der Waals surface area contributed by atoms with Crippen LogP contribution in [0.5, 0.6) is 0 Å². The molecule has 1 heterocycles. The third kappa shape index (κ3) is 3.96. The van der Waals surface area contributed by atoms with Crippen LogP contribution in [-0.2, 0) is 16.4 Å². The van der Waals surface area contributed by atoms with Gasteiger partial charge in [0.05, 0.1) is 17.1 Å². The molecule has 1 aromatic carbocycles. The largest absolute Gasteiger partial charge is 0.397 e. The highest BCUT2D eigenvalue weighted by Gasteiger charge is 2.12. The van der Waals surface area contributed by atoms with Crippen LogP contribution in [0.3, 0.4) is 0 Å². The van der Waals surface area contributed by atoms with E-state index in [1.165, 1.54) is 0 Å². The first-order chi connectivity index (χ1) is 9.46. The van der Waals surface area contributed by atoms with Gasteiger partial charge in [-0.1, -0.05) is 6.07 Å². The van der Waals surface area contributed by atoms with Crippen LogP contribution in [0, 0.1) is 6.92 Å². The molecule has 6 heteroatoms. The lowest BCUT2D eigenvalue weighted by molar-refractivity contribution is 0.600. The summed E-state index contributed by atoms with van der Waals surface area (Å²) < 4.78 is 26.6. The third-order valence-corrected chi connectivity index (χ3v) is 4.16. The number of nitrogens with two attached hydrogens (primary N) is 1. The Morgan fingerprint density at radius 1 is 1.20 bits per heavy atom. The molecule has 2 rings (SSSR count). The molecule has 0 atom stereocenters. The van der Waals surface area contributed by atoms with E-state index in [-0.39, 0.29) is 5.75 Å². The fourth-order valence-electron chi connectivity index (χ4n) is 1.78. The zero-order chi connectivity index (χ0) is 14.6. The van der Waals surface area contributed by atoms with Gasteiger partial charge in [0.1, 0.15) is 0 Å². The number of nitrogens with zero attached hydrogens (tertiary/aromatic N) is 1. The first-order valence-electron chi connectivity index (χ1n) is 6.22. The average molecular weight is 291 g/mol. The molecular formula is C14H17N3O2S. The SMILES string of the molecule is Cc1ccc(N)c(NS(=O)(=O)CCc2ccncc2)c1. The molecule has 0 saturated carbocycles. The van der Waals surface area contributed by atoms with Crippen molar-refractivity contribution < 1.29 is 8.42 Å². The smallest absolute Gasteiger partial charge is 0.233 e. The van der Waals surface area contributed by atoms with Gasteiger partial charge in [0.2, 0.25) is 10.0 Å². The summed E-state index contributed by atoms with van der Waals surface area (Å²) >= 11 is 0. The maximum absolute atomic E-state index is 12.1. The molecule has 0 spiro atoms. The highest BCUT2D eigenvalue weighted by Crippen LogP contribution is 2.21. The second kappa shape index (κ2) is 5.92. The van der Waals surface area contributed by atoms with Crippen molar-refractivity contribution in [1.82, 2.24) is 4.98 Å². The lowest BCUT2D eigenvalue weighted by Crippen LogP contribution is -2.19. The van der Waals surface area contributed by atoms with Crippen molar-refractivity contribution in [3.8, 4) is 0 Å². The third-order valence-electron chi connectivity index (χ3n) is 2.88. The zero-order valence-electron chi connectivity index (χ0n) is 11.2. The molecule has 0 aliphatic carbocycles. The predicted molar refractivity (Wildman–Crippen MR) is 80.9 cm³/mol. The van der Waals surface area contributed by atoms with Gasteiger partial charge in [-0.05, 0) is 48.7 Å². The van der Waals surface area contributed by atoms with Crippen molar-refractivity contribution in [2.24, 2.45) is 0 Å². The van der Waals surface area contributed by atoms with Gasteiger partial charge >= 0.3 is 0 Å². The van der Waals surface area contributed by atoms with Crippen molar-refractivity contribution in [3.63, 3.8) is 0 Å². The van der Waals surface area contributed by atoms with Gasteiger partial charge in [-0.25, -0.2) is 8.42 Å². The van der Waals surface area contributed by atoms with Crippen molar-refractivity contribution >= 4 is 21.4 Å². The van der Waals surface area contributed by atoms with Crippen molar-refractivity contribution in [2.45, 2.75) is 13.3 Å². The van der Waals surface area contributed by atoms with Crippen LogP contribution in [0.2, 0.25) is 0 Å². The molecule has 0 fully saturated rings. The average Bonchev–Trinajstić information content (AvgIpc) is 2.42. The van der Waals surface area contributed by atoms with E-state index in [2.05, 4.69) is 9.71 Å². The van der Waals surface area contributed by atoms with Crippen LogP contribution in [0.4, 0.5) is 11.4 Å². The summed E-state index contributed by atoms with van der Waals surface area (Å²) in [6.45, 7) is 1.88. The quantitative estimate of drug-likeness (QED) is 0.825. The molecule has 2 aromatic rings. The van der Waals surface area contributed by atoms with E-state index in [1.807, 2.05) is 13.0 Å². The Kier molecular flexibility index (Phi) is 4.24. The summed E-state index contributed by atoms with van der Waals surface area (Å²) in [4.78, 5) is 3.90. The van der Waals surface area contributed by atoms with Crippen molar-refractivity contribution in [1.29, 1.82) is 0 Å². The molecule has 5 nitrogen and oxygen atoms in total. The fraction of sp³-hybridized carbons (Fsp3) is 0.214. The van der Waals surface area contributed by atoms with Crippen LogP contribution >= 0.6 is 0 Å². The molecule has 0 radical (unpaired) electrons. The van der Waals surface area contributed by atoms with Gasteiger partial charge in [-0.15, -0.1) is 0 Å². The summed E-state index contributed by atoms with van der Waals surface area (Å²) in [7, 11) is -3.42.